The molecule has 0 bridgehead atoms. The number of ether oxygens (including phenoxy) is 2. The van der Waals surface area contributed by atoms with Gasteiger partial charge in [-0.3, -0.25) is 0 Å². The number of nitrogens with two attached hydrogens (primary N) is 1. The van der Waals surface area contributed by atoms with E-state index < -0.39 is 24.4 Å². The van der Waals surface area contributed by atoms with Crippen LogP contribution in [0.4, 0.5) is 10.5 Å². The number of amides is 1. The van der Waals surface area contributed by atoms with E-state index in [4.69, 9.17) is 24.5 Å². The van der Waals surface area contributed by atoms with Crippen molar-refractivity contribution in [3.63, 3.8) is 0 Å². The zero-order chi connectivity index (χ0) is 27.8. The zero-order valence-corrected chi connectivity index (χ0v) is 23.1. The molecular formula is C31H35BN2O5. The highest BCUT2D eigenvalue weighted by Gasteiger charge is 2.52. The minimum Gasteiger partial charge on any atom is -0.495 e. The van der Waals surface area contributed by atoms with Crippen molar-refractivity contribution in [1.82, 2.24) is 5.32 Å². The second kappa shape index (κ2) is 10.4. The fourth-order valence-electron chi connectivity index (χ4n) is 5.08. The van der Waals surface area contributed by atoms with Gasteiger partial charge in [0.15, 0.2) is 0 Å². The monoisotopic (exact) mass is 526 g/mol. The summed E-state index contributed by atoms with van der Waals surface area (Å²) in [7, 11) is 0.933. The summed E-state index contributed by atoms with van der Waals surface area (Å²) >= 11 is 0. The lowest BCUT2D eigenvalue weighted by molar-refractivity contribution is 0.00578. The number of benzene rings is 3. The Balaban J connectivity index is 1.31. The number of alkyl carbamates (subject to hydrolysis) is 1. The van der Waals surface area contributed by atoms with Gasteiger partial charge in [-0.05, 0) is 73.1 Å². The van der Waals surface area contributed by atoms with Gasteiger partial charge >= 0.3 is 13.2 Å². The van der Waals surface area contributed by atoms with Gasteiger partial charge in [0.1, 0.15) is 12.4 Å². The van der Waals surface area contributed by atoms with Crippen LogP contribution in [-0.4, -0.2) is 44.7 Å². The predicted molar refractivity (Wildman–Crippen MR) is 155 cm³/mol. The fourth-order valence-corrected chi connectivity index (χ4v) is 5.08. The molecule has 0 spiro atoms. The maximum Gasteiger partial charge on any atom is 0.492 e. The van der Waals surface area contributed by atoms with Crippen molar-refractivity contribution in [2.45, 2.75) is 44.8 Å². The lowest BCUT2D eigenvalue weighted by Crippen LogP contribution is -2.41. The van der Waals surface area contributed by atoms with Crippen molar-refractivity contribution in [2.75, 3.05) is 26.0 Å². The van der Waals surface area contributed by atoms with E-state index in [2.05, 4.69) is 29.6 Å². The highest BCUT2D eigenvalue weighted by Crippen LogP contribution is 2.44. The fraction of sp³-hybridized carbons (Fsp3) is 0.323. The van der Waals surface area contributed by atoms with E-state index in [1.807, 2.05) is 76.2 Å². The van der Waals surface area contributed by atoms with Crippen LogP contribution in [0.5, 0.6) is 5.75 Å². The summed E-state index contributed by atoms with van der Waals surface area (Å²) < 4.78 is 23.6. The summed E-state index contributed by atoms with van der Waals surface area (Å²) in [5.41, 5.74) is 11.9. The number of rotatable bonds is 7. The molecule has 1 fully saturated rings. The summed E-state index contributed by atoms with van der Waals surface area (Å²) in [5.74, 6) is 0.588. The Morgan fingerprint density at radius 3 is 2.13 bits per heavy atom. The minimum absolute atomic E-state index is 0.0106. The van der Waals surface area contributed by atoms with Crippen molar-refractivity contribution < 1.29 is 23.6 Å². The number of nitrogens with one attached hydrogen (secondary N) is 1. The molecule has 0 aromatic heterocycles. The van der Waals surface area contributed by atoms with E-state index in [0.29, 0.717) is 11.4 Å². The van der Waals surface area contributed by atoms with Crippen molar-refractivity contribution in [2.24, 2.45) is 0 Å². The van der Waals surface area contributed by atoms with Crippen molar-refractivity contribution in [1.29, 1.82) is 0 Å². The molecule has 7 nitrogen and oxygen atoms in total. The first-order valence-electron chi connectivity index (χ1n) is 13.2. The Morgan fingerprint density at radius 1 is 0.974 bits per heavy atom. The van der Waals surface area contributed by atoms with Crippen LogP contribution >= 0.6 is 0 Å². The van der Waals surface area contributed by atoms with Gasteiger partial charge in [0.2, 0.25) is 0 Å². The molecule has 0 unspecified atom stereocenters. The lowest BCUT2D eigenvalue weighted by Gasteiger charge is -2.32. The quantitative estimate of drug-likeness (QED) is 0.297. The molecule has 3 aromatic carbocycles. The van der Waals surface area contributed by atoms with Crippen molar-refractivity contribution in [3.8, 4) is 16.9 Å². The third-order valence-electron chi connectivity index (χ3n) is 7.94. The second-order valence-electron chi connectivity index (χ2n) is 11.0. The molecule has 0 atom stereocenters. The Kier molecular flexibility index (Phi) is 7.18. The molecule has 1 amide bonds. The van der Waals surface area contributed by atoms with Crippen molar-refractivity contribution in [3.05, 3.63) is 88.9 Å². The number of nitrogen functional groups attached to an aromatic ring is 1. The van der Waals surface area contributed by atoms with Crippen LogP contribution in [0.15, 0.2) is 72.2 Å². The highest BCUT2D eigenvalue weighted by atomic mass is 16.7. The third kappa shape index (κ3) is 5.27. The molecule has 1 heterocycles. The molecule has 8 heteroatoms. The molecule has 5 rings (SSSR count). The highest BCUT2D eigenvalue weighted by molar-refractivity contribution is 6.56. The zero-order valence-electron chi connectivity index (χ0n) is 23.1. The molecular weight excluding hydrogens is 491 g/mol. The van der Waals surface area contributed by atoms with Crippen LogP contribution in [0.1, 0.15) is 50.3 Å². The summed E-state index contributed by atoms with van der Waals surface area (Å²) in [6.45, 7) is 8.40. The summed E-state index contributed by atoms with van der Waals surface area (Å²) in [6.07, 6.45) is 1.41. The summed E-state index contributed by atoms with van der Waals surface area (Å²) in [4.78, 5) is 12.9. The summed E-state index contributed by atoms with van der Waals surface area (Å²) in [5, 5.41) is 2.90. The Morgan fingerprint density at radius 2 is 1.56 bits per heavy atom. The molecule has 2 aliphatic rings. The number of methoxy groups -OCH3 is 1. The van der Waals surface area contributed by atoms with Crippen LogP contribution < -0.4 is 15.8 Å². The normalized spacial score (nSPS) is 17.5. The average Bonchev–Trinajstić information content (AvgIpc) is 3.34. The van der Waals surface area contributed by atoms with Gasteiger partial charge in [0.05, 0.1) is 24.0 Å². The van der Waals surface area contributed by atoms with Gasteiger partial charge in [-0.2, -0.15) is 0 Å². The average molecular weight is 526 g/mol. The molecule has 1 saturated heterocycles. The number of fused-ring (bicyclic) bond motifs is 3. The van der Waals surface area contributed by atoms with Gasteiger partial charge in [-0.25, -0.2) is 4.79 Å². The van der Waals surface area contributed by atoms with Gasteiger partial charge < -0.3 is 29.8 Å². The van der Waals surface area contributed by atoms with E-state index in [1.54, 1.807) is 7.11 Å². The molecule has 3 aromatic rings. The van der Waals surface area contributed by atoms with E-state index in [0.717, 1.165) is 11.0 Å². The molecule has 0 radical (unpaired) electrons. The number of anilines is 1. The van der Waals surface area contributed by atoms with Crippen LogP contribution in [0, 0.1) is 0 Å². The second-order valence-corrected chi connectivity index (χ2v) is 11.0. The number of carbonyl (C=O) groups is 1. The van der Waals surface area contributed by atoms with Gasteiger partial charge in [-0.1, -0.05) is 60.7 Å². The first kappa shape index (κ1) is 26.8. The summed E-state index contributed by atoms with van der Waals surface area (Å²) in [6, 6.07) is 22.0. The molecule has 202 valence electrons. The van der Waals surface area contributed by atoms with Crippen LogP contribution in [0.3, 0.4) is 0 Å². The molecule has 39 heavy (non-hydrogen) atoms. The first-order valence-corrected chi connectivity index (χ1v) is 13.2. The molecule has 3 N–H and O–H groups in total. The van der Waals surface area contributed by atoms with Gasteiger partial charge in [0, 0.05) is 12.5 Å². The lowest BCUT2D eigenvalue weighted by atomic mass is 9.77. The minimum atomic E-state index is -0.646. The van der Waals surface area contributed by atoms with Crippen molar-refractivity contribution >= 4 is 25.0 Å². The Bertz CT molecular complexity index is 1360. The van der Waals surface area contributed by atoms with E-state index in [9.17, 15) is 4.79 Å². The van der Waals surface area contributed by atoms with Crippen LogP contribution in [0.25, 0.3) is 17.2 Å². The topological polar surface area (TPSA) is 92.0 Å². The Hall–Kier alpha value is -3.75. The SMILES string of the molecule is COc1ccc(C=C(CNC(=O)OCC2c3ccccc3-c3ccccc32)B2OC(C)(C)C(C)(C)O2)cc1N. The standard InChI is InChI=1S/C31H35BN2O5/c1-30(2)31(3,4)39-32(38-30)21(16-20-14-15-28(36-5)27(33)17-20)18-34-29(35)37-19-26-24-12-8-6-10-22(24)23-11-7-9-13-25(23)26/h6-17,26H,18-19,33H2,1-5H3,(H,34,35). The predicted octanol–water partition coefficient (Wildman–Crippen LogP) is 5.83. The molecule has 1 aliphatic carbocycles. The molecule has 0 saturated carbocycles. The van der Waals surface area contributed by atoms with E-state index in [-0.39, 0.29) is 19.1 Å². The maximum absolute atomic E-state index is 12.9. The van der Waals surface area contributed by atoms with Crippen LogP contribution in [-0.2, 0) is 14.0 Å². The smallest absolute Gasteiger partial charge is 0.492 e. The third-order valence-corrected chi connectivity index (χ3v) is 7.94. The number of carbonyl (C=O) groups excluding carboxylic acids is 1. The van der Waals surface area contributed by atoms with Crippen LogP contribution in [0.2, 0.25) is 0 Å². The van der Waals surface area contributed by atoms with E-state index in [1.165, 1.54) is 22.3 Å². The maximum atomic E-state index is 12.9. The first-order chi connectivity index (χ1) is 18.6. The number of hydrogen-bond acceptors (Lipinski definition) is 6. The van der Waals surface area contributed by atoms with Gasteiger partial charge in [0.25, 0.3) is 0 Å². The largest absolute Gasteiger partial charge is 0.495 e. The van der Waals surface area contributed by atoms with E-state index >= 15 is 0 Å². The Labute approximate surface area is 230 Å². The number of hydrogen-bond donors (Lipinski definition) is 2. The molecule has 1 aliphatic heterocycles. The van der Waals surface area contributed by atoms with Gasteiger partial charge in [-0.15, -0.1) is 0 Å².